The van der Waals surface area contributed by atoms with E-state index in [-0.39, 0.29) is 0 Å². The van der Waals surface area contributed by atoms with Crippen LogP contribution in [0.15, 0.2) is 60.7 Å². The molecule has 0 amide bonds. The van der Waals surface area contributed by atoms with E-state index >= 15 is 0 Å². The van der Waals surface area contributed by atoms with Crippen molar-refractivity contribution >= 4 is 43.6 Å². The van der Waals surface area contributed by atoms with E-state index in [2.05, 4.69) is 77.3 Å². The molecule has 0 fully saturated rings. The zero-order valence-electron chi connectivity index (χ0n) is 13.7. The van der Waals surface area contributed by atoms with Gasteiger partial charge in [0, 0.05) is 39.6 Å². The van der Waals surface area contributed by atoms with Crippen LogP contribution in [0.1, 0.15) is 13.8 Å². The van der Waals surface area contributed by atoms with E-state index < -0.39 is 0 Å². The number of aryl methyl sites for hydroxylation is 1. The molecule has 0 saturated carbocycles. The third-order valence-electron chi connectivity index (χ3n) is 4.55. The van der Waals surface area contributed by atoms with Crippen molar-refractivity contribution in [2.24, 2.45) is 7.05 Å². The van der Waals surface area contributed by atoms with Crippen molar-refractivity contribution in [2.45, 2.75) is 13.8 Å². The van der Waals surface area contributed by atoms with Crippen LogP contribution in [0.2, 0.25) is 0 Å². The Kier molecular flexibility index (Phi) is 3.12. The summed E-state index contributed by atoms with van der Waals surface area (Å²) in [5, 5.41) is 5.21. The molecule has 5 aromatic rings. The number of aromatic amines is 1. The molecule has 0 atom stereocenters. The minimum Gasteiger partial charge on any atom is -0.353 e. The molecule has 0 unspecified atom stereocenters. The fraction of sp³-hybridized carbons (Fsp3) is 0.143. The first kappa shape index (κ1) is 13.9. The Balaban J connectivity index is 0.000000652. The highest BCUT2D eigenvalue weighted by Gasteiger charge is 2.13. The first-order valence-electron chi connectivity index (χ1n) is 8.21. The van der Waals surface area contributed by atoms with E-state index in [1.54, 1.807) is 0 Å². The molecular formula is C21H20N2. The highest BCUT2D eigenvalue weighted by molar-refractivity contribution is 6.21. The van der Waals surface area contributed by atoms with Gasteiger partial charge >= 0.3 is 0 Å². The van der Waals surface area contributed by atoms with Crippen LogP contribution in [-0.4, -0.2) is 9.55 Å². The molecule has 2 heterocycles. The highest BCUT2D eigenvalue weighted by atomic mass is 15.0. The molecule has 0 bridgehead atoms. The van der Waals surface area contributed by atoms with Crippen LogP contribution in [0.25, 0.3) is 43.6 Å². The van der Waals surface area contributed by atoms with E-state index in [4.69, 9.17) is 0 Å². The number of rotatable bonds is 0. The Morgan fingerprint density at radius 1 is 0.696 bits per heavy atom. The second-order valence-corrected chi connectivity index (χ2v) is 5.63. The molecule has 23 heavy (non-hydrogen) atoms. The summed E-state index contributed by atoms with van der Waals surface area (Å²) in [6, 6.07) is 21.6. The monoisotopic (exact) mass is 300 g/mol. The van der Waals surface area contributed by atoms with Crippen molar-refractivity contribution in [3.63, 3.8) is 0 Å². The maximum absolute atomic E-state index is 3.60. The van der Waals surface area contributed by atoms with Gasteiger partial charge in [-0.2, -0.15) is 0 Å². The molecule has 2 nitrogen and oxygen atoms in total. The molecule has 114 valence electrons. The number of para-hydroxylation sites is 2. The fourth-order valence-electron chi connectivity index (χ4n) is 3.58. The Labute approximate surface area is 135 Å². The predicted molar refractivity (Wildman–Crippen MR) is 101 cm³/mol. The molecule has 5 rings (SSSR count). The third-order valence-corrected chi connectivity index (χ3v) is 4.55. The molecule has 2 heteroatoms. The lowest BCUT2D eigenvalue weighted by Crippen LogP contribution is -1.87. The zero-order valence-corrected chi connectivity index (χ0v) is 13.7. The van der Waals surface area contributed by atoms with E-state index in [0.29, 0.717) is 0 Å². The van der Waals surface area contributed by atoms with Crippen molar-refractivity contribution in [3.05, 3.63) is 60.7 Å². The van der Waals surface area contributed by atoms with Gasteiger partial charge in [0.05, 0.1) is 11.0 Å². The Morgan fingerprint density at radius 2 is 1.35 bits per heavy atom. The third kappa shape index (κ3) is 1.81. The van der Waals surface area contributed by atoms with E-state index in [1.807, 2.05) is 13.8 Å². The lowest BCUT2D eigenvalue weighted by molar-refractivity contribution is 1.02. The van der Waals surface area contributed by atoms with Gasteiger partial charge in [0.25, 0.3) is 0 Å². The first-order chi connectivity index (χ1) is 11.3. The highest BCUT2D eigenvalue weighted by Crippen LogP contribution is 2.35. The predicted octanol–water partition coefficient (Wildman–Crippen LogP) is 5.99. The number of hydrogen-bond acceptors (Lipinski definition) is 0. The molecule has 0 aliphatic heterocycles. The molecule has 0 aliphatic rings. The van der Waals surface area contributed by atoms with Gasteiger partial charge in [-0.25, -0.2) is 0 Å². The SMILES string of the molecule is CC.Cn1c2ccccc2c2ccc3c4ccccc4[nH]c3c21. The normalized spacial score (nSPS) is 11.3. The van der Waals surface area contributed by atoms with Gasteiger partial charge in [0.15, 0.2) is 0 Å². The fourth-order valence-corrected chi connectivity index (χ4v) is 3.58. The van der Waals surface area contributed by atoms with Crippen LogP contribution in [-0.2, 0) is 7.05 Å². The zero-order chi connectivity index (χ0) is 16.0. The molecule has 0 saturated heterocycles. The molecule has 3 aromatic carbocycles. The van der Waals surface area contributed by atoms with E-state index in [0.717, 1.165) is 0 Å². The van der Waals surface area contributed by atoms with Crippen LogP contribution in [0, 0.1) is 0 Å². The van der Waals surface area contributed by atoms with Crippen LogP contribution in [0.5, 0.6) is 0 Å². The van der Waals surface area contributed by atoms with Gasteiger partial charge in [-0.3, -0.25) is 0 Å². The van der Waals surface area contributed by atoms with Crippen molar-refractivity contribution in [2.75, 3.05) is 0 Å². The van der Waals surface area contributed by atoms with Crippen LogP contribution < -0.4 is 0 Å². The number of nitrogens with one attached hydrogen (secondary N) is 1. The molecule has 0 spiro atoms. The summed E-state index contributed by atoms with van der Waals surface area (Å²) >= 11 is 0. The van der Waals surface area contributed by atoms with Crippen molar-refractivity contribution in [3.8, 4) is 0 Å². The minimum absolute atomic E-state index is 1.20. The number of hydrogen-bond donors (Lipinski definition) is 1. The summed E-state index contributed by atoms with van der Waals surface area (Å²) < 4.78 is 2.29. The van der Waals surface area contributed by atoms with Crippen LogP contribution >= 0.6 is 0 Å². The smallest absolute Gasteiger partial charge is 0.0734 e. The summed E-state index contributed by atoms with van der Waals surface area (Å²) in [7, 11) is 2.15. The summed E-state index contributed by atoms with van der Waals surface area (Å²) in [4.78, 5) is 3.60. The molecule has 2 aromatic heterocycles. The molecule has 0 radical (unpaired) electrons. The van der Waals surface area contributed by atoms with Gasteiger partial charge in [-0.15, -0.1) is 0 Å². The van der Waals surface area contributed by atoms with Gasteiger partial charge in [0.2, 0.25) is 0 Å². The lowest BCUT2D eigenvalue weighted by Gasteiger charge is -1.99. The lowest BCUT2D eigenvalue weighted by atomic mass is 10.1. The second kappa shape index (κ2) is 5.17. The standard InChI is InChI=1S/C19H14N2.C2H6/c1-21-17-9-5-3-7-13(17)15-11-10-14-12-6-2-4-8-16(12)20-18(14)19(15)21;1-2/h2-11,20H,1H3;1-2H3. The molecule has 1 N–H and O–H groups in total. The van der Waals surface area contributed by atoms with Gasteiger partial charge in [-0.05, 0) is 12.1 Å². The summed E-state index contributed by atoms with van der Waals surface area (Å²) in [6.45, 7) is 4.00. The Morgan fingerprint density at radius 3 is 2.17 bits per heavy atom. The summed E-state index contributed by atoms with van der Waals surface area (Å²) in [5.41, 5.74) is 4.99. The average molecular weight is 300 g/mol. The van der Waals surface area contributed by atoms with E-state index in [1.165, 1.54) is 43.6 Å². The number of benzene rings is 3. The van der Waals surface area contributed by atoms with Gasteiger partial charge in [-0.1, -0.05) is 62.4 Å². The Hall–Kier alpha value is -2.74. The number of aromatic nitrogens is 2. The average Bonchev–Trinajstić information content (AvgIpc) is 3.13. The first-order valence-corrected chi connectivity index (χ1v) is 8.21. The molecule has 0 aliphatic carbocycles. The largest absolute Gasteiger partial charge is 0.353 e. The Bertz CT molecular complexity index is 1140. The van der Waals surface area contributed by atoms with E-state index in [9.17, 15) is 0 Å². The number of fused-ring (bicyclic) bond motifs is 7. The summed E-state index contributed by atoms with van der Waals surface area (Å²) in [5.74, 6) is 0. The number of nitrogens with zero attached hydrogens (tertiary/aromatic N) is 1. The van der Waals surface area contributed by atoms with Gasteiger partial charge < -0.3 is 9.55 Å². The quantitative estimate of drug-likeness (QED) is 0.362. The van der Waals surface area contributed by atoms with Crippen molar-refractivity contribution in [1.82, 2.24) is 9.55 Å². The van der Waals surface area contributed by atoms with Crippen molar-refractivity contribution < 1.29 is 0 Å². The van der Waals surface area contributed by atoms with Crippen LogP contribution in [0.3, 0.4) is 0 Å². The van der Waals surface area contributed by atoms with Crippen LogP contribution in [0.4, 0.5) is 0 Å². The second-order valence-electron chi connectivity index (χ2n) is 5.63. The molecular weight excluding hydrogens is 280 g/mol. The maximum Gasteiger partial charge on any atom is 0.0734 e. The van der Waals surface area contributed by atoms with Crippen molar-refractivity contribution in [1.29, 1.82) is 0 Å². The maximum atomic E-state index is 3.60. The topological polar surface area (TPSA) is 20.7 Å². The summed E-state index contributed by atoms with van der Waals surface area (Å²) in [6.07, 6.45) is 0. The van der Waals surface area contributed by atoms with Gasteiger partial charge in [0.1, 0.15) is 0 Å². The minimum atomic E-state index is 1.20. The number of H-pyrrole nitrogens is 1.